The van der Waals surface area contributed by atoms with E-state index in [1.54, 1.807) is 13.8 Å². The van der Waals surface area contributed by atoms with E-state index in [1.165, 1.54) is 0 Å². The maximum Gasteiger partial charge on any atom is 0.362 e. The van der Waals surface area contributed by atoms with Gasteiger partial charge in [0.25, 0.3) is 0 Å². The van der Waals surface area contributed by atoms with Gasteiger partial charge in [-0.3, -0.25) is 4.79 Å². The molecule has 5 nitrogen and oxygen atoms in total. The number of hydrogen-bond acceptors (Lipinski definition) is 5. The van der Waals surface area contributed by atoms with Gasteiger partial charge in [0, 0.05) is 13.3 Å². The number of ether oxygens (including phenoxy) is 1. The van der Waals surface area contributed by atoms with Gasteiger partial charge < -0.3 is 9.26 Å². The lowest BCUT2D eigenvalue weighted by molar-refractivity contribution is -0.134. The molecule has 0 fully saturated rings. The Morgan fingerprint density at radius 1 is 1.73 bits per heavy atom. The first kappa shape index (κ1) is 7.71. The van der Waals surface area contributed by atoms with Crippen molar-refractivity contribution in [1.82, 2.24) is 10.1 Å². The number of hydrogen-bond donors (Lipinski definition) is 0. The van der Waals surface area contributed by atoms with E-state index in [-0.39, 0.29) is 12.0 Å². The number of aromatic nitrogens is 2. The van der Waals surface area contributed by atoms with Crippen LogP contribution in [0.3, 0.4) is 0 Å². The van der Waals surface area contributed by atoms with Gasteiger partial charge in [-0.15, -0.1) is 0 Å². The highest BCUT2D eigenvalue weighted by Gasteiger charge is 2.06. The summed E-state index contributed by atoms with van der Waals surface area (Å²) >= 11 is 0. The third-order valence-electron chi connectivity index (χ3n) is 1.00. The van der Waals surface area contributed by atoms with Crippen molar-refractivity contribution in [3.63, 3.8) is 0 Å². The van der Waals surface area contributed by atoms with Crippen LogP contribution in [0.5, 0.6) is 6.01 Å². The summed E-state index contributed by atoms with van der Waals surface area (Å²) in [6.45, 7) is 3.31. The van der Waals surface area contributed by atoms with E-state index in [4.69, 9.17) is 0 Å². The summed E-state index contributed by atoms with van der Waals surface area (Å²) in [4.78, 5) is 14.3. The van der Waals surface area contributed by atoms with Crippen molar-refractivity contribution in [1.29, 1.82) is 0 Å². The Morgan fingerprint density at radius 3 is 2.91 bits per heavy atom. The molecule has 0 radical (unpaired) electrons. The average molecular weight is 156 g/mol. The summed E-state index contributed by atoms with van der Waals surface area (Å²) in [5.41, 5.74) is 0. The lowest BCUT2D eigenvalue weighted by atomic mass is 10.5. The second-order valence-corrected chi connectivity index (χ2v) is 1.92. The Kier molecular flexibility index (Phi) is 2.20. The summed E-state index contributed by atoms with van der Waals surface area (Å²) in [5.74, 6) is 0.00898. The molecule has 5 heteroatoms. The molecule has 1 aromatic heterocycles. The van der Waals surface area contributed by atoms with E-state index in [0.717, 1.165) is 0 Å². The van der Waals surface area contributed by atoms with Crippen LogP contribution in [-0.4, -0.2) is 16.1 Å². The quantitative estimate of drug-likeness (QED) is 0.589. The van der Waals surface area contributed by atoms with Gasteiger partial charge in [-0.2, -0.15) is 4.98 Å². The number of carbonyl (C=O) groups excluding carboxylic acids is 1. The minimum atomic E-state index is -0.370. The van der Waals surface area contributed by atoms with Gasteiger partial charge in [-0.05, 0) is 5.16 Å². The molecule has 0 aromatic carbocycles. The molecular weight excluding hydrogens is 148 g/mol. The molecule has 11 heavy (non-hydrogen) atoms. The van der Waals surface area contributed by atoms with Crippen molar-refractivity contribution < 1.29 is 14.1 Å². The fourth-order valence-electron chi connectivity index (χ4n) is 0.496. The molecule has 0 bridgehead atoms. The van der Waals surface area contributed by atoms with Crippen LogP contribution in [0.15, 0.2) is 4.52 Å². The normalized spacial score (nSPS) is 9.64. The Balaban J connectivity index is 2.57. The SMILES string of the molecule is CCC(=O)Oc1noc(C)n1. The molecular formula is C6H8N2O3. The highest BCUT2D eigenvalue weighted by Crippen LogP contribution is 2.03. The van der Waals surface area contributed by atoms with Crippen molar-refractivity contribution in [2.75, 3.05) is 0 Å². The summed E-state index contributed by atoms with van der Waals surface area (Å²) in [6.07, 6.45) is 0.299. The third-order valence-corrected chi connectivity index (χ3v) is 1.00. The second kappa shape index (κ2) is 3.14. The van der Waals surface area contributed by atoms with Gasteiger partial charge in [0.1, 0.15) is 0 Å². The predicted octanol–water partition coefficient (Wildman–Crippen LogP) is 0.693. The highest BCUT2D eigenvalue weighted by atomic mass is 16.6. The fourth-order valence-corrected chi connectivity index (χ4v) is 0.496. The minimum Gasteiger partial charge on any atom is -0.389 e. The number of carbonyl (C=O) groups is 1. The molecule has 1 rings (SSSR count). The van der Waals surface area contributed by atoms with Crippen LogP contribution in [0.25, 0.3) is 0 Å². The maximum atomic E-state index is 10.6. The van der Waals surface area contributed by atoms with E-state index in [0.29, 0.717) is 12.3 Å². The van der Waals surface area contributed by atoms with Gasteiger partial charge >= 0.3 is 12.0 Å². The molecule has 0 saturated carbocycles. The predicted molar refractivity (Wildman–Crippen MR) is 35.0 cm³/mol. The Bertz CT molecular complexity index is 256. The third kappa shape index (κ3) is 2.03. The Labute approximate surface area is 63.4 Å². The molecule has 0 aliphatic rings. The lowest BCUT2D eigenvalue weighted by Gasteiger charge is -1.91. The molecule has 1 heterocycles. The molecule has 0 N–H and O–H groups in total. The summed E-state index contributed by atoms with van der Waals surface area (Å²) in [7, 11) is 0. The molecule has 1 aromatic rings. The zero-order valence-electron chi connectivity index (χ0n) is 6.33. The van der Waals surface area contributed by atoms with Crippen LogP contribution in [0.1, 0.15) is 19.2 Å². The standard InChI is InChI=1S/C6H8N2O3/c1-3-5(9)10-6-7-4(2)11-8-6/h3H2,1-2H3. The summed E-state index contributed by atoms with van der Waals surface area (Å²) in [6, 6.07) is -0.0191. The van der Waals surface area contributed by atoms with Gasteiger partial charge in [-0.25, -0.2) is 0 Å². The average Bonchev–Trinajstić information content (AvgIpc) is 2.35. The van der Waals surface area contributed by atoms with Crippen molar-refractivity contribution in [2.45, 2.75) is 20.3 Å². The molecule has 0 aliphatic carbocycles. The fraction of sp³-hybridized carbons (Fsp3) is 0.500. The number of aryl methyl sites for hydroxylation is 1. The van der Waals surface area contributed by atoms with Gasteiger partial charge in [0.15, 0.2) is 0 Å². The van der Waals surface area contributed by atoms with E-state index >= 15 is 0 Å². The zero-order valence-corrected chi connectivity index (χ0v) is 6.33. The molecule has 0 atom stereocenters. The van der Waals surface area contributed by atoms with E-state index < -0.39 is 0 Å². The Morgan fingerprint density at radius 2 is 2.45 bits per heavy atom. The largest absolute Gasteiger partial charge is 0.389 e. The Hall–Kier alpha value is -1.39. The van der Waals surface area contributed by atoms with E-state index in [1.807, 2.05) is 0 Å². The van der Waals surface area contributed by atoms with Crippen molar-refractivity contribution in [2.24, 2.45) is 0 Å². The summed E-state index contributed by atoms with van der Waals surface area (Å²) < 4.78 is 9.20. The van der Waals surface area contributed by atoms with Gasteiger partial charge in [0.2, 0.25) is 5.89 Å². The molecule has 0 aliphatic heterocycles. The van der Waals surface area contributed by atoms with Crippen LogP contribution >= 0.6 is 0 Å². The number of nitrogens with zero attached hydrogens (tertiary/aromatic N) is 2. The van der Waals surface area contributed by atoms with Crippen LogP contribution in [-0.2, 0) is 4.79 Å². The van der Waals surface area contributed by atoms with Gasteiger partial charge in [-0.1, -0.05) is 6.92 Å². The number of rotatable bonds is 2. The molecule has 0 amide bonds. The monoisotopic (exact) mass is 156 g/mol. The first-order valence-electron chi connectivity index (χ1n) is 3.23. The van der Waals surface area contributed by atoms with Crippen molar-refractivity contribution in [3.8, 4) is 6.01 Å². The minimum absolute atomic E-state index is 0.0191. The maximum absolute atomic E-state index is 10.6. The topological polar surface area (TPSA) is 65.2 Å². The van der Waals surface area contributed by atoms with E-state index in [9.17, 15) is 4.79 Å². The summed E-state index contributed by atoms with van der Waals surface area (Å²) in [5, 5.41) is 3.37. The van der Waals surface area contributed by atoms with Crippen LogP contribution in [0.2, 0.25) is 0 Å². The molecule has 0 saturated heterocycles. The van der Waals surface area contributed by atoms with E-state index in [2.05, 4.69) is 19.4 Å². The van der Waals surface area contributed by atoms with Crippen LogP contribution in [0, 0.1) is 6.92 Å². The zero-order chi connectivity index (χ0) is 8.27. The lowest BCUT2D eigenvalue weighted by Crippen LogP contribution is -2.06. The first-order chi connectivity index (χ1) is 5.22. The van der Waals surface area contributed by atoms with Crippen LogP contribution < -0.4 is 4.74 Å². The van der Waals surface area contributed by atoms with Crippen molar-refractivity contribution >= 4 is 5.97 Å². The number of esters is 1. The smallest absolute Gasteiger partial charge is 0.362 e. The molecule has 60 valence electrons. The second-order valence-electron chi connectivity index (χ2n) is 1.92. The first-order valence-corrected chi connectivity index (χ1v) is 3.23. The van der Waals surface area contributed by atoms with Crippen molar-refractivity contribution in [3.05, 3.63) is 5.89 Å². The van der Waals surface area contributed by atoms with Gasteiger partial charge in [0.05, 0.1) is 0 Å². The molecule has 0 spiro atoms. The molecule has 0 unspecified atom stereocenters. The highest BCUT2D eigenvalue weighted by molar-refractivity contribution is 5.70. The van der Waals surface area contributed by atoms with Crippen LogP contribution in [0.4, 0.5) is 0 Å².